The first-order valence-corrected chi connectivity index (χ1v) is 7.54. The number of nitrogens with zero attached hydrogens (tertiary/aromatic N) is 2. The van der Waals surface area contributed by atoms with Gasteiger partial charge < -0.3 is 5.32 Å². The van der Waals surface area contributed by atoms with Crippen LogP contribution in [0.4, 0.5) is 0 Å². The van der Waals surface area contributed by atoms with E-state index >= 15 is 0 Å². The van der Waals surface area contributed by atoms with E-state index in [0.717, 1.165) is 11.6 Å². The van der Waals surface area contributed by atoms with E-state index < -0.39 is 0 Å². The first kappa shape index (κ1) is 15.0. The Balaban J connectivity index is 2.06. The van der Waals surface area contributed by atoms with Crippen LogP contribution in [-0.4, -0.2) is 15.5 Å². The second-order valence-corrected chi connectivity index (χ2v) is 6.91. The zero-order valence-electron chi connectivity index (χ0n) is 12.5. The molecule has 0 aliphatic heterocycles. The maximum atomic E-state index is 4.29. The van der Waals surface area contributed by atoms with Crippen molar-refractivity contribution in [1.29, 1.82) is 0 Å². The van der Waals surface area contributed by atoms with E-state index in [9.17, 15) is 0 Å². The monoisotopic (exact) mass is 287 g/mol. The largest absolute Gasteiger partial charge is 0.308 e. The first-order valence-electron chi connectivity index (χ1n) is 6.72. The van der Waals surface area contributed by atoms with Crippen LogP contribution in [0.15, 0.2) is 46.7 Å². The van der Waals surface area contributed by atoms with Crippen molar-refractivity contribution in [3.63, 3.8) is 0 Å². The van der Waals surface area contributed by atoms with Gasteiger partial charge in [0.05, 0.1) is 6.20 Å². The molecule has 0 atom stereocenters. The minimum absolute atomic E-state index is 0.140. The predicted octanol–water partition coefficient (Wildman–Crippen LogP) is 3.82. The molecule has 0 aliphatic carbocycles. The van der Waals surface area contributed by atoms with Gasteiger partial charge in [-0.05, 0) is 44.9 Å². The number of aryl methyl sites for hydroxylation is 1. The van der Waals surface area contributed by atoms with Crippen LogP contribution >= 0.6 is 11.8 Å². The fraction of sp³-hybridized carbons (Fsp3) is 0.375. The maximum absolute atomic E-state index is 4.29. The summed E-state index contributed by atoms with van der Waals surface area (Å²) in [7, 11) is 0. The van der Waals surface area contributed by atoms with E-state index in [0.29, 0.717) is 0 Å². The third-order valence-corrected chi connectivity index (χ3v) is 3.91. The molecule has 0 aliphatic rings. The summed E-state index contributed by atoms with van der Waals surface area (Å²) in [4.78, 5) is 9.61. The van der Waals surface area contributed by atoms with Gasteiger partial charge in [-0.2, -0.15) is 0 Å². The lowest BCUT2D eigenvalue weighted by Crippen LogP contribution is -2.35. The average molecular weight is 287 g/mol. The highest BCUT2D eigenvalue weighted by atomic mass is 32.2. The van der Waals surface area contributed by atoms with Crippen LogP contribution in [0.5, 0.6) is 0 Å². The minimum Gasteiger partial charge on any atom is -0.308 e. The number of hydrogen-bond donors (Lipinski definition) is 1. The second-order valence-electron chi connectivity index (χ2n) is 5.85. The Morgan fingerprint density at radius 1 is 1.20 bits per heavy atom. The van der Waals surface area contributed by atoms with Gasteiger partial charge in [0.2, 0.25) is 0 Å². The zero-order chi connectivity index (χ0) is 14.6. The Labute approximate surface area is 125 Å². The topological polar surface area (TPSA) is 37.8 Å². The van der Waals surface area contributed by atoms with E-state index in [2.05, 4.69) is 61.2 Å². The van der Waals surface area contributed by atoms with E-state index in [1.807, 2.05) is 0 Å². The van der Waals surface area contributed by atoms with Crippen molar-refractivity contribution >= 4 is 11.8 Å². The number of aromatic nitrogens is 2. The lowest BCUT2D eigenvalue weighted by atomic mass is 10.1. The second kappa shape index (κ2) is 6.37. The van der Waals surface area contributed by atoms with Gasteiger partial charge in [0.1, 0.15) is 5.03 Å². The van der Waals surface area contributed by atoms with Gasteiger partial charge in [0, 0.05) is 29.4 Å². The van der Waals surface area contributed by atoms with Gasteiger partial charge >= 0.3 is 0 Å². The Kier molecular flexibility index (Phi) is 4.78. The molecule has 20 heavy (non-hydrogen) atoms. The third-order valence-electron chi connectivity index (χ3n) is 2.82. The van der Waals surface area contributed by atoms with E-state index in [4.69, 9.17) is 0 Å². The Morgan fingerprint density at radius 3 is 2.60 bits per heavy atom. The summed E-state index contributed by atoms with van der Waals surface area (Å²) >= 11 is 1.65. The molecule has 1 heterocycles. The molecule has 3 nitrogen and oxygen atoms in total. The Bertz CT molecular complexity index is 562. The van der Waals surface area contributed by atoms with E-state index in [1.165, 1.54) is 16.0 Å². The van der Waals surface area contributed by atoms with Crippen LogP contribution in [0.1, 0.15) is 31.9 Å². The quantitative estimate of drug-likeness (QED) is 0.927. The van der Waals surface area contributed by atoms with Crippen molar-refractivity contribution in [1.82, 2.24) is 15.3 Å². The highest BCUT2D eigenvalue weighted by molar-refractivity contribution is 7.99. The number of benzene rings is 1. The van der Waals surface area contributed by atoms with Gasteiger partial charge in [0.15, 0.2) is 0 Å². The standard InChI is InChI=1S/C16H21N3S/c1-12-9-13(10-19-16(2,3)4)5-6-14(12)20-15-11-17-7-8-18-15/h5-9,11,19H,10H2,1-4H3. The molecule has 0 saturated heterocycles. The van der Waals surface area contributed by atoms with Crippen LogP contribution < -0.4 is 5.32 Å². The van der Waals surface area contributed by atoms with Crippen LogP contribution in [0, 0.1) is 6.92 Å². The molecule has 0 fully saturated rings. The SMILES string of the molecule is Cc1cc(CNC(C)(C)C)ccc1Sc1cnccn1. The highest BCUT2D eigenvalue weighted by Gasteiger charge is 2.09. The van der Waals surface area contributed by atoms with Gasteiger partial charge in [-0.3, -0.25) is 4.98 Å². The van der Waals surface area contributed by atoms with Gasteiger partial charge in [0.25, 0.3) is 0 Å². The molecule has 2 aromatic rings. The molecular formula is C16H21N3S. The lowest BCUT2D eigenvalue weighted by molar-refractivity contribution is 0.424. The molecule has 106 valence electrons. The van der Waals surface area contributed by atoms with Gasteiger partial charge in [-0.15, -0.1) is 0 Å². The number of nitrogens with one attached hydrogen (secondary N) is 1. The molecule has 2 rings (SSSR count). The Morgan fingerprint density at radius 2 is 2.00 bits per heavy atom. The van der Waals surface area contributed by atoms with Crippen molar-refractivity contribution < 1.29 is 0 Å². The van der Waals surface area contributed by atoms with Crippen LogP contribution in [0.25, 0.3) is 0 Å². The molecule has 0 amide bonds. The smallest absolute Gasteiger partial charge is 0.119 e. The summed E-state index contributed by atoms with van der Waals surface area (Å²) in [6.45, 7) is 9.56. The summed E-state index contributed by atoms with van der Waals surface area (Å²) in [5, 5.41) is 4.43. The summed E-state index contributed by atoms with van der Waals surface area (Å²) in [6.07, 6.45) is 5.21. The molecule has 1 aromatic carbocycles. The number of hydrogen-bond acceptors (Lipinski definition) is 4. The van der Waals surface area contributed by atoms with Crippen molar-refractivity contribution in [3.8, 4) is 0 Å². The van der Waals surface area contributed by atoms with Crippen molar-refractivity contribution in [2.24, 2.45) is 0 Å². The average Bonchev–Trinajstić information content (AvgIpc) is 2.40. The van der Waals surface area contributed by atoms with Crippen molar-refractivity contribution in [2.45, 2.75) is 49.7 Å². The zero-order valence-corrected chi connectivity index (χ0v) is 13.3. The summed E-state index contributed by atoms with van der Waals surface area (Å²) in [5.74, 6) is 0. The van der Waals surface area contributed by atoms with Crippen molar-refractivity contribution in [2.75, 3.05) is 0 Å². The highest BCUT2D eigenvalue weighted by Crippen LogP contribution is 2.28. The van der Waals surface area contributed by atoms with Crippen LogP contribution in [-0.2, 0) is 6.54 Å². The fourth-order valence-corrected chi connectivity index (χ4v) is 2.56. The molecule has 0 spiro atoms. The molecule has 1 aromatic heterocycles. The summed E-state index contributed by atoms with van der Waals surface area (Å²) < 4.78 is 0. The summed E-state index contributed by atoms with van der Waals surface area (Å²) in [5.41, 5.74) is 2.72. The molecule has 0 unspecified atom stereocenters. The van der Waals surface area contributed by atoms with Crippen molar-refractivity contribution in [3.05, 3.63) is 47.9 Å². The minimum atomic E-state index is 0.140. The Hall–Kier alpha value is -1.39. The van der Waals surface area contributed by atoms with Crippen LogP contribution in [0.3, 0.4) is 0 Å². The fourth-order valence-electron chi connectivity index (χ4n) is 1.75. The molecule has 0 bridgehead atoms. The summed E-state index contributed by atoms with van der Waals surface area (Å²) in [6, 6.07) is 6.57. The predicted molar refractivity (Wildman–Crippen MR) is 83.9 cm³/mol. The van der Waals surface area contributed by atoms with E-state index in [-0.39, 0.29) is 5.54 Å². The normalized spacial score (nSPS) is 11.6. The van der Waals surface area contributed by atoms with E-state index in [1.54, 1.807) is 30.4 Å². The molecule has 1 N–H and O–H groups in total. The molecule has 0 radical (unpaired) electrons. The third kappa shape index (κ3) is 4.62. The van der Waals surface area contributed by atoms with Gasteiger partial charge in [-0.1, -0.05) is 23.9 Å². The lowest BCUT2D eigenvalue weighted by Gasteiger charge is -2.20. The van der Waals surface area contributed by atoms with Crippen LogP contribution in [0.2, 0.25) is 0 Å². The van der Waals surface area contributed by atoms with Gasteiger partial charge in [-0.25, -0.2) is 4.98 Å². The maximum Gasteiger partial charge on any atom is 0.119 e. The molecule has 4 heteroatoms. The molecule has 0 saturated carbocycles. The first-order chi connectivity index (χ1) is 9.44. The molecular weight excluding hydrogens is 266 g/mol. The number of rotatable bonds is 4.